The van der Waals surface area contributed by atoms with Crippen LogP contribution < -0.4 is 0 Å². The van der Waals surface area contributed by atoms with Crippen molar-refractivity contribution in [1.29, 1.82) is 0 Å². The van der Waals surface area contributed by atoms with E-state index in [9.17, 15) is 9.90 Å². The van der Waals surface area contributed by atoms with Crippen molar-refractivity contribution in [3.63, 3.8) is 0 Å². The van der Waals surface area contributed by atoms with Crippen LogP contribution in [0.2, 0.25) is 0 Å². The van der Waals surface area contributed by atoms with Crippen molar-refractivity contribution in [1.82, 2.24) is 9.78 Å². The smallest absolute Gasteiger partial charge is 0.354 e. The second kappa shape index (κ2) is 5.22. The molecule has 0 aliphatic rings. The monoisotopic (exact) mass is 348 g/mol. The van der Waals surface area contributed by atoms with Gasteiger partial charge in [0.1, 0.15) is 5.69 Å². The Labute approximate surface area is 127 Å². The first kappa shape index (κ1) is 13.1. The Hall–Kier alpha value is -1.92. The first-order chi connectivity index (χ1) is 9.65. The number of benzene rings is 1. The van der Waals surface area contributed by atoms with Crippen molar-refractivity contribution < 1.29 is 9.90 Å². The van der Waals surface area contributed by atoms with Crippen LogP contribution in [0.3, 0.4) is 0 Å². The van der Waals surface area contributed by atoms with Crippen LogP contribution in [-0.2, 0) is 0 Å². The highest BCUT2D eigenvalue weighted by molar-refractivity contribution is 9.10. The predicted molar refractivity (Wildman–Crippen MR) is 81.5 cm³/mol. The zero-order chi connectivity index (χ0) is 14.1. The number of hydrogen-bond donors (Lipinski definition) is 1. The summed E-state index contributed by atoms with van der Waals surface area (Å²) in [5.74, 6) is -0.997. The summed E-state index contributed by atoms with van der Waals surface area (Å²) < 4.78 is 2.38. The maximum Gasteiger partial charge on any atom is 0.354 e. The molecule has 3 aromatic rings. The molecule has 0 amide bonds. The van der Waals surface area contributed by atoms with Gasteiger partial charge in [0.15, 0.2) is 5.69 Å². The third kappa shape index (κ3) is 2.39. The van der Waals surface area contributed by atoms with Crippen LogP contribution in [0.1, 0.15) is 10.5 Å². The van der Waals surface area contributed by atoms with Crippen LogP contribution in [0.4, 0.5) is 0 Å². The number of aromatic carboxylic acids is 1. The molecule has 0 saturated carbocycles. The van der Waals surface area contributed by atoms with Crippen molar-refractivity contribution in [3.05, 3.63) is 58.0 Å². The van der Waals surface area contributed by atoms with Crippen LogP contribution in [-0.4, -0.2) is 20.9 Å². The number of halogens is 1. The van der Waals surface area contributed by atoms with Crippen LogP contribution in [0.25, 0.3) is 16.3 Å². The molecule has 6 heteroatoms. The third-order valence-electron chi connectivity index (χ3n) is 2.77. The Bertz CT molecular complexity index is 748. The summed E-state index contributed by atoms with van der Waals surface area (Å²) in [7, 11) is 0. The summed E-state index contributed by atoms with van der Waals surface area (Å²) >= 11 is 4.89. The van der Waals surface area contributed by atoms with Gasteiger partial charge in [0.2, 0.25) is 0 Å². The van der Waals surface area contributed by atoms with E-state index in [0.717, 1.165) is 9.35 Å². The van der Waals surface area contributed by atoms with Gasteiger partial charge in [-0.15, -0.1) is 11.3 Å². The van der Waals surface area contributed by atoms with Gasteiger partial charge in [-0.25, -0.2) is 9.48 Å². The number of rotatable bonds is 3. The molecule has 0 aliphatic heterocycles. The number of carboxylic acid groups (broad SMARTS) is 1. The number of carbonyl (C=O) groups is 1. The first-order valence-electron chi connectivity index (χ1n) is 5.78. The fourth-order valence-corrected chi connectivity index (χ4v) is 2.80. The minimum absolute atomic E-state index is 0.149. The Morgan fingerprint density at radius 2 is 2.00 bits per heavy atom. The topological polar surface area (TPSA) is 55.1 Å². The van der Waals surface area contributed by atoms with Gasteiger partial charge in [0, 0.05) is 10.5 Å². The zero-order valence-electron chi connectivity index (χ0n) is 10.2. The maximum absolute atomic E-state index is 11.4. The van der Waals surface area contributed by atoms with Crippen LogP contribution >= 0.6 is 27.3 Å². The molecule has 0 radical (unpaired) electrons. The van der Waals surface area contributed by atoms with Gasteiger partial charge in [-0.1, -0.05) is 22.0 Å². The predicted octanol–water partition coefficient (Wildman–Crippen LogP) is 4.06. The molecule has 100 valence electrons. The van der Waals surface area contributed by atoms with E-state index < -0.39 is 5.97 Å². The zero-order valence-corrected chi connectivity index (χ0v) is 12.6. The molecule has 2 heterocycles. The van der Waals surface area contributed by atoms with E-state index in [2.05, 4.69) is 21.0 Å². The van der Waals surface area contributed by atoms with Gasteiger partial charge in [0.05, 0.1) is 10.6 Å². The van der Waals surface area contributed by atoms with E-state index in [1.807, 2.05) is 41.8 Å². The lowest BCUT2D eigenvalue weighted by molar-refractivity contribution is 0.0687. The summed E-state index contributed by atoms with van der Waals surface area (Å²) in [5.41, 5.74) is 1.53. The SMILES string of the molecule is O=C(O)c1cc(-c2cccs2)nn1-c1ccc(Br)cc1. The number of hydrogen-bond acceptors (Lipinski definition) is 3. The Balaban J connectivity index is 2.14. The number of nitrogens with zero attached hydrogens (tertiary/aromatic N) is 2. The molecule has 0 bridgehead atoms. The molecule has 2 aromatic heterocycles. The summed E-state index contributed by atoms with van der Waals surface area (Å²) in [6.07, 6.45) is 0. The lowest BCUT2D eigenvalue weighted by atomic mass is 10.3. The molecule has 0 unspecified atom stereocenters. The fraction of sp³-hybridized carbons (Fsp3) is 0. The van der Waals surface area contributed by atoms with Gasteiger partial charge < -0.3 is 5.11 Å². The van der Waals surface area contributed by atoms with Gasteiger partial charge in [-0.05, 0) is 35.7 Å². The van der Waals surface area contributed by atoms with E-state index in [-0.39, 0.29) is 5.69 Å². The van der Waals surface area contributed by atoms with Crippen molar-refractivity contribution >= 4 is 33.2 Å². The van der Waals surface area contributed by atoms with Crippen LogP contribution in [0.15, 0.2) is 52.3 Å². The van der Waals surface area contributed by atoms with Crippen molar-refractivity contribution in [2.45, 2.75) is 0 Å². The lowest BCUT2D eigenvalue weighted by Gasteiger charge is -2.04. The maximum atomic E-state index is 11.4. The highest BCUT2D eigenvalue weighted by atomic mass is 79.9. The molecular formula is C14H9BrN2O2S. The molecular weight excluding hydrogens is 340 g/mol. The molecule has 20 heavy (non-hydrogen) atoms. The summed E-state index contributed by atoms with van der Waals surface area (Å²) in [4.78, 5) is 12.3. The largest absolute Gasteiger partial charge is 0.477 e. The summed E-state index contributed by atoms with van der Waals surface area (Å²) in [5, 5.41) is 15.7. The second-order valence-electron chi connectivity index (χ2n) is 4.09. The Kier molecular flexibility index (Phi) is 3.42. The lowest BCUT2D eigenvalue weighted by Crippen LogP contribution is -2.07. The number of carboxylic acids is 1. The van der Waals surface area contributed by atoms with Crippen molar-refractivity contribution in [2.75, 3.05) is 0 Å². The number of thiophene rings is 1. The average Bonchev–Trinajstić information content (AvgIpc) is 3.08. The molecule has 0 fully saturated rings. The Morgan fingerprint density at radius 1 is 1.25 bits per heavy atom. The van der Waals surface area contributed by atoms with Gasteiger partial charge in [-0.3, -0.25) is 0 Å². The summed E-state index contributed by atoms with van der Waals surface area (Å²) in [6, 6.07) is 12.8. The number of aromatic nitrogens is 2. The van der Waals surface area contributed by atoms with Gasteiger partial charge >= 0.3 is 5.97 Å². The highest BCUT2D eigenvalue weighted by Crippen LogP contribution is 2.26. The highest BCUT2D eigenvalue weighted by Gasteiger charge is 2.16. The third-order valence-corrected chi connectivity index (χ3v) is 4.19. The quantitative estimate of drug-likeness (QED) is 0.776. The molecule has 0 atom stereocenters. The van der Waals surface area contributed by atoms with E-state index in [0.29, 0.717) is 11.4 Å². The second-order valence-corrected chi connectivity index (χ2v) is 5.95. The molecule has 0 saturated heterocycles. The standard InChI is InChI=1S/C14H9BrN2O2S/c15-9-3-5-10(6-4-9)17-12(14(18)19)8-11(16-17)13-2-1-7-20-13/h1-8H,(H,18,19). The van der Waals surface area contributed by atoms with E-state index >= 15 is 0 Å². The minimum Gasteiger partial charge on any atom is -0.477 e. The first-order valence-corrected chi connectivity index (χ1v) is 7.45. The van der Waals surface area contributed by atoms with Crippen molar-refractivity contribution in [3.8, 4) is 16.3 Å². The average molecular weight is 349 g/mol. The van der Waals surface area contributed by atoms with E-state index in [1.54, 1.807) is 6.07 Å². The molecule has 3 rings (SSSR count). The van der Waals surface area contributed by atoms with E-state index in [1.165, 1.54) is 16.0 Å². The molecule has 1 aromatic carbocycles. The fourth-order valence-electron chi connectivity index (χ4n) is 1.86. The van der Waals surface area contributed by atoms with Crippen LogP contribution in [0, 0.1) is 0 Å². The normalized spacial score (nSPS) is 10.7. The van der Waals surface area contributed by atoms with Crippen LogP contribution in [0.5, 0.6) is 0 Å². The molecule has 4 nitrogen and oxygen atoms in total. The summed E-state index contributed by atoms with van der Waals surface area (Å²) in [6.45, 7) is 0. The Morgan fingerprint density at radius 3 is 2.60 bits per heavy atom. The van der Waals surface area contributed by atoms with Crippen molar-refractivity contribution in [2.24, 2.45) is 0 Å². The van der Waals surface area contributed by atoms with Gasteiger partial charge in [0.25, 0.3) is 0 Å². The molecule has 0 aliphatic carbocycles. The van der Waals surface area contributed by atoms with E-state index in [4.69, 9.17) is 0 Å². The minimum atomic E-state index is -0.997. The van der Waals surface area contributed by atoms with Gasteiger partial charge in [-0.2, -0.15) is 5.10 Å². The molecule has 0 spiro atoms. The molecule has 1 N–H and O–H groups in total.